The second-order valence-corrected chi connectivity index (χ2v) is 7.02. The number of anilines is 2. The number of aliphatic hydroxyl groups excluding tert-OH is 1. The summed E-state index contributed by atoms with van der Waals surface area (Å²) >= 11 is 0. The minimum atomic E-state index is -0.620. The van der Waals surface area contributed by atoms with E-state index in [-0.39, 0.29) is 5.91 Å². The van der Waals surface area contributed by atoms with Gasteiger partial charge in [-0.3, -0.25) is 4.79 Å². The maximum atomic E-state index is 12.8. The number of nitrogens with zero attached hydrogens (tertiary/aromatic N) is 2. The molecule has 1 amide bonds. The van der Waals surface area contributed by atoms with Crippen molar-refractivity contribution >= 4 is 17.4 Å². The van der Waals surface area contributed by atoms with Crippen LogP contribution in [0.15, 0.2) is 66.9 Å². The van der Waals surface area contributed by atoms with Gasteiger partial charge in [-0.25, -0.2) is 4.98 Å². The van der Waals surface area contributed by atoms with Gasteiger partial charge < -0.3 is 15.3 Å². The Kier molecular flexibility index (Phi) is 5.08. The van der Waals surface area contributed by atoms with Crippen molar-refractivity contribution in [2.24, 2.45) is 0 Å². The summed E-state index contributed by atoms with van der Waals surface area (Å²) in [5.74, 6) is 0.593. The van der Waals surface area contributed by atoms with Crippen LogP contribution in [0.5, 0.6) is 0 Å². The zero-order valence-corrected chi connectivity index (χ0v) is 15.8. The lowest BCUT2D eigenvalue weighted by Gasteiger charge is -2.18. The van der Waals surface area contributed by atoms with Crippen LogP contribution in [0.3, 0.4) is 0 Å². The summed E-state index contributed by atoms with van der Waals surface area (Å²) in [6.45, 7) is 3.03. The first-order valence-electron chi connectivity index (χ1n) is 9.47. The van der Waals surface area contributed by atoms with Gasteiger partial charge in [0, 0.05) is 25.0 Å². The summed E-state index contributed by atoms with van der Waals surface area (Å²) in [6, 6.07) is 19.3. The standard InChI is InChI=1S/C23H23N3O2/c1-16-6-2-4-8-19(16)21(27)15-25-22-11-10-18(14-24-22)23(28)26-13-12-17-7-3-5-9-20(17)26/h2-11,14,21,27H,12-13,15H2,1H3,(H,24,25). The lowest BCUT2D eigenvalue weighted by molar-refractivity contribution is 0.0989. The highest BCUT2D eigenvalue weighted by Crippen LogP contribution is 2.28. The number of fused-ring (bicyclic) bond motifs is 1. The van der Waals surface area contributed by atoms with E-state index in [1.807, 2.05) is 49.4 Å². The zero-order chi connectivity index (χ0) is 19.5. The van der Waals surface area contributed by atoms with Gasteiger partial charge in [-0.15, -0.1) is 0 Å². The Morgan fingerprint density at radius 1 is 1.14 bits per heavy atom. The predicted octanol–water partition coefficient (Wildman–Crippen LogP) is 3.74. The van der Waals surface area contributed by atoms with Crippen LogP contribution in [0.25, 0.3) is 0 Å². The molecule has 1 atom stereocenters. The van der Waals surface area contributed by atoms with E-state index in [1.165, 1.54) is 5.56 Å². The van der Waals surface area contributed by atoms with Crippen molar-refractivity contribution in [3.63, 3.8) is 0 Å². The lowest BCUT2D eigenvalue weighted by atomic mass is 10.0. The van der Waals surface area contributed by atoms with E-state index in [0.717, 1.165) is 23.2 Å². The number of pyridine rings is 1. The summed E-state index contributed by atoms with van der Waals surface area (Å²) in [5.41, 5.74) is 4.69. The molecule has 5 nitrogen and oxygen atoms in total. The number of hydrogen-bond donors (Lipinski definition) is 2. The van der Waals surface area contributed by atoms with Gasteiger partial charge in [-0.05, 0) is 48.2 Å². The van der Waals surface area contributed by atoms with Gasteiger partial charge in [0.05, 0.1) is 11.7 Å². The average Bonchev–Trinajstić information content (AvgIpc) is 3.16. The van der Waals surface area contributed by atoms with E-state index >= 15 is 0 Å². The van der Waals surface area contributed by atoms with E-state index in [4.69, 9.17) is 0 Å². The molecule has 3 aromatic rings. The fraction of sp³-hybridized carbons (Fsp3) is 0.217. The Balaban J connectivity index is 1.40. The largest absolute Gasteiger partial charge is 0.387 e. The minimum absolute atomic E-state index is 0.0380. The molecule has 5 heteroatoms. The molecule has 0 spiro atoms. The molecule has 0 saturated heterocycles. The van der Waals surface area contributed by atoms with Crippen molar-refractivity contribution in [3.8, 4) is 0 Å². The third-order valence-corrected chi connectivity index (χ3v) is 5.17. The molecule has 1 aromatic heterocycles. The van der Waals surface area contributed by atoms with E-state index in [2.05, 4.69) is 16.4 Å². The SMILES string of the molecule is Cc1ccccc1C(O)CNc1ccc(C(=O)N2CCc3ccccc32)cn1. The van der Waals surface area contributed by atoms with Crippen LogP contribution in [0.2, 0.25) is 0 Å². The molecule has 2 heterocycles. The third kappa shape index (κ3) is 3.62. The zero-order valence-electron chi connectivity index (χ0n) is 15.8. The number of nitrogens with one attached hydrogen (secondary N) is 1. The predicted molar refractivity (Wildman–Crippen MR) is 111 cm³/mol. The van der Waals surface area contributed by atoms with E-state index in [9.17, 15) is 9.90 Å². The van der Waals surface area contributed by atoms with Gasteiger partial charge in [0.15, 0.2) is 0 Å². The fourth-order valence-corrected chi connectivity index (χ4v) is 3.60. The molecule has 2 N–H and O–H groups in total. The van der Waals surface area contributed by atoms with Crippen LogP contribution in [0, 0.1) is 6.92 Å². The number of hydrogen-bond acceptors (Lipinski definition) is 4. The van der Waals surface area contributed by atoms with E-state index < -0.39 is 6.10 Å². The highest BCUT2D eigenvalue weighted by Gasteiger charge is 2.25. The van der Waals surface area contributed by atoms with Gasteiger partial charge in [0.1, 0.15) is 5.82 Å². The van der Waals surface area contributed by atoms with E-state index in [1.54, 1.807) is 23.2 Å². The molecule has 1 unspecified atom stereocenters. The van der Waals surface area contributed by atoms with Crippen molar-refractivity contribution in [1.82, 2.24) is 4.98 Å². The first kappa shape index (κ1) is 18.2. The highest BCUT2D eigenvalue weighted by molar-refractivity contribution is 6.07. The maximum Gasteiger partial charge on any atom is 0.259 e. The van der Waals surface area contributed by atoms with Crippen LogP contribution in [0.4, 0.5) is 11.5 Å². The molecule has 0 radical (unpaired) electrons. The summed E-state index contributed by atoms with van der Waals surface area (Å²) < 4.78 is 0. The maximum absolute atomic E-state index is 12.8. The number of aromatic nitrogens is 1. The Morgan fingerprint density at radius 2 is 1.93 bits per heavy atom. The number of rotatable bonds is 5. The molecule has 1 aliphatic heterocycles. The molecule has 28 heavy (non-hydrogen) atoms. The second-order valence-electron chi connectivity index (χ2n) is 7.02. The van der Waals surface area contributed by atoms with Crippen molar-refractivity contribution in [2.75, 3.05) is 23.3 Å². The van der Waals surface area contributed by atoms with Gasteiger partial charge in [-0.1, -0.05) is 42.5 Å². The summed E-state index contributed by atoms with van der Waals surface area (Å²) in [5, 5.41) is 13.5. The van der Waals surface area contributed by atoms with Crippen LogP contribution < -0.4 is 10.2 Å². The van der Waals surface area contributed by atoms with Crippen molar-refractivity contribution in [2.45, 2.75) is 19.4 Å². The second kappa shape index (κ2) is 7.82. The topological polar surface area (TPSA) is 65.5 Å². The normalized spacial score (nSPS) is 13.9. The molecule has 1 aliphatic rings. The Morgan fingerprint density at radius 3 is 2.71 bits per heavy atom. The van der Waals surface area contributed by atoms with Gasteiger partial charge in [0.25, 0.3) is 5.91 Å². The van der Waals surface area contributed by atoms with Gasteiger partial charge in [-0.2, -0.15) is 0 Å². The molecule has 142 valence electrons. The third-order valence-electron chi connectivity index (χ3n) is 5.17. The number of aryl methyl sites for hydroxylation is 1. The average molecular weight is 373 g/mol. The summed E-state index contributed by atoms with van der Waals surface area (Å²) in [6.07, 6.45) is 1.85. The molecule has 0 bridgehead atoms. The van der Waals surface area contributed by atoms with Crippen molar-refractivity contribution in [3.05, 3.63) is 89.1 Å². The fourth-order valence-electron chi connectivity index (χ4n) is 3.60. The van der Waals surface area contributed by atoms with Crippen molar-refractivity contribution < 1.29 is 9.90 Å². The van der Waals surface area contributed by atoms with Crippen LogP contribution in [-0.2, 0) is 6.42 Å². The summed E-state index contributed by atoms with van der Waals surface area (Å²) in [4.78, 5) is 19.0. The number of amides is 1. The molecular weight excluding hydrogens is 350 g/mol. The lowest BCUT2D eigenvalue weighted by Crippen LogP contribution is -2.29. The molecule has 2 aromatic carbocycles. The first-order chi connectivity index (χ1) is 13.6. The highest BCUT2D eigenvalue weighted by atomic mass is 16.3. The molecule has 0 aliphatic carbocycles. The molecule has 0 fully saturated rings. The first-order valence-corrected chi connectivity index (χ1v) is 9.47. The monoisotopic (exact) mass is 373 g/mol. The molecule has 0 saturated carbocycles. The van der Waals surface area contributed by atoms with Crippen molar-refractivity contribution in [1.29, 1.82) is 0 Å². The number of carbonyl (C=O) groups is 1. The number of benzene rings is 2. The number of aliphatic hydroxyl groups is 1. The van der Waals surface area contributed by atoms with Gasteiger partial charge in [0.2, 0.25) is 0 Å². The quantitative estimate of drug-likeness (QED) is 0.715. The summed E-state index contributed by atoms with van der Waals surface area (Å²) in [7, 11) is 0. The Labute approximate surface area is 164 Å². The van der Waals surface area contributed by atoms with Crippen LogP contribution in [-0.4, -0.2) is 29.1 Å². The molecular formula is C23H23N3O2. The Bertz CT molecular complexity index is 985. The van der Waals surface area contributed by atoms with Gasteiger partial charge >= 0.3 is 0 Å². The Hall–Kier alpha value is -3.18. The number of para-hydroxylation sites is 1. The number of carbonyl (C=O) groups excluding carboxylic acids is 1. The smallest absolute Gasteiger partial charge is 0.259 e. The molecule has 4 rings (SSSR count). The van der Waals surface area contributed by atoms with E-state index in [0.29, 0.717) is 24.5 Å². The van der Waals surface area contributed by atoms with Crippen LogP contribution >= 0.6 is 0 Å². The van der Waals surface area contributed by atoms with Crippen LogP contribution in [0.1, 0.15) is 33.2 Å². The minimum Gasteiger partial charge on any atom is -0.387 e.